The number of sulfonamides is 1. The number of nitrogens with one attached hydrogen (secondary N) is 2. The lowest BCUT2D eigenvalue weighted by molar-refractivity contribution is -0.384. The minimum absolute atomic E-state index is 0.0146. The molecule has 1 aliphatic heterocycles. The predicted molar refractivity (Wildman–Crippen MR) is 116 cm³/mol. The van der Waals surface area contributed by atoms with Gasteiger partial charge in [0.15, 0.2) is 0 Å². The van der Waals surface area contributed by atoms with Gasteiger partial charge in [0.25, 0.3) is 5.69 Å². The van der Waals surface area contributed by atoms with Crippen molar-refractivity contribution in [1.82, 2.24) is 4.72 Å². The Balaban J connectivity index is 1.75. The van der Waals surface area contributed by atoms with Crippen molar-refractivity contribution in [2.75, 3.05) is 11.9 Å². The summed E-state index contributed by atoms with van der Waals surface area (Å²) in [5.74, 6) is 0.0484. The fourth-order valence-electron chi connectivity index (χ4n) is 4.18. The summed E-state index contributed by atoms with van der Waals surface area (Å²) in [5.41, 5.74) is 2.32. The van der Waals surface area contributed by atoms with Gasteiger partial charge in [-0.25, -0.2) is 13.1 Å². The highest BCUT2D eigenvalue weighted by atomic mass is 35.5. The molecule has 0 amide bonds. The lowest BCUT2D eigenvalue weighted by atomic mass is 9.77. The molecule has 156 valence electrons. The average Bonchev–Trinajstić information content (AvgIpc) is 3.22. The quantitative estimate of drug-likeness (QED) is 0.386. The first kappa shape index (κ1) is 20.6. The highest BCUT2D eigenvalue weighted by molar-refractivity contribution is 7.89. The topological polar surface area (TPSA) is 101 Å². The largest absolute Gasteiger partial charge is 0.378 e. The molecule has 0 radical (unpaired) electrons. The van der Waals surface area contributed by atoms with Crippen molar-refractivity contribution in [3.8, 4) is 0 Å². The first-order chi connectivity index (χ1) is 14.3. The monoisotopic (exact) mass is 445 g/mol. The minimum atomic E-state index is -3.64. The normalized spacial score (nSPS) is 22.1. The molecule has 1 aliphatic carbocycles. The minimum Gasteiger partial charge on any atom is -0.378 e. The number of fused-ring (bicyclic) bond motifs is 3. The van der Waals surface area contributed by atoms with Crippen molar-refractivity contribution in [3.05, 3.63) is 87.5 Å². The third kappa shape index (κ3) is 3.62. The summed E-state index contributed by atoms with van der Waals surface area (Å²) in [6.07, 6.45) is 6.37. The predicted octanol–water partition coefficient (Wildman–Crippen LogP) is 4.54. The molecule has 7 nitrogen and oxygen atoms in total. The van der Waals surface area contributed by atoms with Crippen molar-refractivity contribution >= 4 is 33.0 Å². The van der Waals surface area contributed by atoms with Crippen LogP contribution >= 0.6 is 11.6 Å². The van der Waals surface area contributed by atoms with Crippen LogP contribution in [0, 0.1) is 16.0 Å². The molecule has 4 rings (SSSR count). The smallest absolute Gasteiger partial charge is 0.269 e. The van der Waals surface area contributed by atoms with Crippen LogP contribution in [0.15, 0.2) is 66.1 Å². The molecule has 2 aliphatic rings. The van der Waals surface area contributed by atoms with Crippen LogP contribution in [0.5, 0.6) is 0 Å². The van der Waals surface area contributed by atoms with Crippen LogP contribution < -0.4 is 10.0 Å². The van der Waals surface area contributed by atoms with Gasteiger partial charge in [-0.05, 0) is 42.2 Å². The van der Waals surface area contributed by atoms with Crippen LogP contribution in [0.3, 0.4) is 0 Å². The Hall–Kier alpha value is -2.68. The summed E-state index contributed by atoms with van der Waals surface area (Å²) < 4.78 is 27.5. The van der Waals surface area contributed by atoms with Crippen molar-refractivity contribution in [2.24, 2.45) is 5.92 Å². The maximum Gasteiger partial charge on any atom is 0.269 e. The van der Waals surface area contributed by atoms with E-state index < -0.39 is 14.9 Å². The van der Waals surface area contributed by atoms with E-state index in [1.807, 2.05) is 0 Å². The van der Waals surface area contributed by atoms with Gasteiger partial charge < -0.3 is 5.32 Å². The van der Waals surface area contributed by atoms with Gasteiger partial charge >= 0.3 is 0 Å². The summed E-state index contributed by atoms with van der Waals surface area (Å²) in [6, 6.07) is 9.18. The van der Waals surface area contributed by atoms with Crippen LogP contribution in [0.1, 0.15) is 29.5 Å². The van der Waals surface area contributed by atoms with E-state index in [1.54, 1.807) is 24.3 Å². The second kappa shape index (κ2) is 7.86. The number of benzene rings is 2. The number of halogens is 1. The van der Waals surface area contributed by atoms with Gasteiger partial charge in [-0.3, -0.25) is 10.1 Å². The molecule has 0 saturated carbocycles. The number of allylic oxidation sites excluding steroid dienone is 2. The Morgan fingerprint density at radius 2 is 2.07 bits per heavy atom. The van der Waals surface area contributed by atoms with E-state index >= 15 is 0 Å². The van der Waals surface area contributed by atoms with E-state index in [0.29, 0.717) is 10.6 Å². The zero-order valence-electron chi connectivity index (χ0n) is 15.9. The molecule has 0 bridgehead atoms. The van der Waals surface area contributed by atoms with Gasteiger partial charge in [0.05, 0.1) is 15.9 Å². The number of hydrogen-bond donors (Lipinski definition) is 2. The fraction of sp³-hybridized carbons (Fsp3) is 0.238. The summed E-state index contributed by atoms with van der Waals surface area (Å²) >= 11 is 6.41. The van der Waals surface area contributed by atoms with E-state index in [1.165, 1.54) is 18.2 Å². The van der Waals surface area contributed by atoms with Gasteiger partial charge in [-0.1, -0.05) is 29.8 Å². The van der Waals surface area contributed by atoms with Crippen molar-refractivity contribution < 1.29 is 13.3 Å². The maximum absolute atomic E-state index is 12.5. The summed E-state index contributed by atoms with van der Waals surface area (Å²) in [6.45, 7) is 3.68. The standard InChI is InChI=1S/C21H20ClN3O4S/c1-2-10-23-30(28,29)14-7-9-20-17(12-14)15-4-3-5-16(15)21(24-20)18-11-13(25(26)27)6-8-19(18)22/h2-4,6-9,11-12,15-16,21,23-24H,1,5,10H2. The molecule has 30 heavy (non-hydrogen) atoms. The first-order valence-electron chi connectivity index (χ1n) is 9.43. The van der Waals surface area contributed by atoms with Crippen LogP contribution in [0.2, 0.25) is 5.02 Å². The van der Waals surface area contributed by atoms with Crippen molar-refractivity contribution in [3.63, 3.8) is 0 Å². The van der Waals surface area contributed by atoms with Gasteiger partial charge in [0.1, 0.15) is 0 Å². The van der Waals surface area contributed by atoms with Gasteiger partial charge in [-0.2, -0.15) is 0 Å². The molecule has 0 aromatic heterocycles. The van der Waals surface area contributed by atoms with E-state index in [0.717, 1.165) is 17.7 Å². The zero-order valence-corrected chi connectivity index (χ0v) is 17.5. The Bertz CT molecular complexity index is 1160. The summed E-state index contributed by atoms with van der Waals surface area (Å²) in [5, 5.41) is 15.1. The third-order valence-electron chi connectivity index (χ3n) is 5.59. The lowest BCUT2D eigenvalue weighted by Gasteiger charge is -2.38. The SMILES string of the molecule is C=CCNS(=O)(=O)c1ccc2c(c1)C1C=CCC1C(c1cc([N+](=O)[O-])ccc1Cl)N2. The molecule has 0 spiro atoms. The number of rotatable bonds is 6. The number of nitro benzene ring substituents is 1. The zero-order chi connectivity index (χ0) is 21.5. The average molecular weight is 446 g/mol. The molecular formula is C21H20ClN3O4S. The van der Waals surface area contributed by atoms with E-state index in [4.69, 9.17) is 11.6 Å². The first-order valence-corrected chi connectivity index (χ1v) is 11.3. The maximum atomic E-state index is 12.5. The highest BCUT2D eigenvalue weighted by Gasteiger charge is 2.39. The van der Waals surface area contributed by atoms with E-state index in [9.17, 15) is 18.5 Å². The second-order valence-electron chi connectivity index (χ2n) is 7.33. The summed E-state index contributed by atoms with van der Waals surface area (Å²) in [4.78, 5) is 11.0. The molecule has 3 unspecified atom stereocenters. The number of hydrogen-bond acceptors (Lipinski definition) is 5. The van der Waals surface area contributed by atoms with Crippen LogP contribution in [0.25, 0.3) is 0 Å². The highest BCUT2D eigenvalue weighted by Crippen LogP contribution is 2.51. The molecule has 9 heteroatoms. The molecule has 2 aromatic rings. The van der Waals surface area contributed by atoms with Crippen LogP contribution in [-0.2, 0) is 10.0 Å². The van der Waals surface area contributed by atoms with Crippen molar-refractivity contribution in [1.29, 1.82) is 0 Å². The number of nitrogens with zero attached hydrogens (tertiary/aromatic N) is 1. The molecular weight excluding hydrogens is 426 g/mol. The Morgan fingerprint density at radius 1 is 1.27 bits per heavy atom. The Kier molecular flexibility index (Phi) is 5.40. The number of anilines is 1. The molecule has 0 saturated heterocycles. The Labute approximate surface area is 179 Å². The molecule has 0 fully saturated rings. The molecule has 2 aromatic carbocycles. The van der Waals surface area contributed by atoms with Gasteiger partial charge in [0.2, 0.25) is 10.0 Å². The van der Waals surface area contributed by atoms with Gasteiger partial charge in [0, 0.05) is 40.9 Å². The molecule has 3 atom stereocenters. The number of non-ortho nitro benzene ring substituents is 1. The van der Waals surface area contributed by atoms with Gasteiger partial charge in [-0.15, -0.1) is 6.58 Å². The van der Waals surface area contributed by atoms with E-state index in [2.05, 4.69) is 28.8 Å². The molecule has 2 N–H and O–H groups in total. The summed E-state index contributed by atoms with van der Waals surface area (Å²) in [7, 11) is -3.64. The third-order valence-corrected chi connectivity index (χ3v) is 7.35. The second-order valence-corrected chi connectivity index (χ2v) is 9.50. The number of nitro groups is 1. The van der Waals surface area contributed by atoms with E-state index in [-0.39, 0.29) is 35.0 Å². The lowest BCUT2D eigenvalue weighted by Crippen LogP contribution is -2.30. The fourth-order valence-corrected chi connectivity index (χ4v) is 5.45. The van der Waals surface area contributed by atoms with Crippen LogP contribution in [0.4, 0.5) is 11.4 Å². The van der Waals surface area contributed by atoms with Crippen LogP contribution in [-0.4, -0.2) is 19.9 Å². The van der Waals surface area contributed by atoms with Crippen molar-refractivity contribution in [2.45, 2.75) is 23.3 Å². The molecule has 1 heterocycles. The Morgan fingerprint density at radius 3 is 2.80 bits per heavy atom.